The number of nitro benzene ring substituents is 1. The molecular weight excluding hydrogens is 366 g/mol. The van der Waals surface area contributed by atoms with Crippen LogP contribution in [-0.2, 0) is 5.41 Å². The lowest BCUT2D eigenvalue weighted by molar-refractivity contribution is -0.384. The van der Waals surface area contributed by atoms with Crippen LogP contribution in [0.25, 0.3) is 0 Å². The number of nitrogens with one attached hydrogen (secondary N) is 1. The molecule has 0 spiro atoms. The minimum Gasteiger partial charge on any atom is -0.337 e. The van der Waals surface area contributed by atoms with Crippen molar-refractivity contribution >= 4 is 11.7 Å². The van der Waals surface area contributed by atoms with Gasteiger partial charge in [-0.1, -0.05) is 12.1 Å². The number of carbonyl (C=O) groups excluding carboxylic acids is 1. The number of amides is 2. The maximum atomic E-state index is 12.7. The molecule has 1 aromatic carbocycles. The zero-order valence-electron chi connectivity index (χ0n) is 17.1. The number of non-ortho nitro benzene ring substituents is 1. The highest BCUT2D eigenvalue weighted by Crippen LogP contribution is 2.65. The summed E-state index contributed by atoms with van der Waals surface area (Å²) >= 11 is 0. The van der Waals surface area contributed by atoms with Crippen LogP contribution in [-0.4, -0.2) is 35.5 Å². The smallest absolute Gasteiger partial charge is 0.317 e. The zero-order valence-corrected chi connectivity index (χ0v) is 17.1. The molecule has 2 unspecified atom stereocenters. The van der Waals surface area contributed by atoms with Gasteiger partial charge in [0.15, 0.2) is 0 Å². The maximum Gasteiger partial charge on any atom is 0.317 e. The van der Waals surface area contributed by atoms with Crippen molar-refractivity contribution in [2.45, 2.75) is 63.2 Å². The van der Waals surface area contributed by atoms with Crippen molar-refractivity contribution < 1.29 is 9.72 Å². The van der Waals surface area contributed by atoms with Gasteiger partial charge in [0.05, 0.1) is 4.92 Å². The van der Waals surface area contributed by atoms with Crippen LogP contribution >= 0.6 is 0 Å². The summed E-state index contributed by atoms with van der Waals surface area (Å²) in [6.07, 6.45) is 10.7. The van der Waals surface area contributed by atoms with Crippen LogP contribution in [0.5, 0.6) is 0 Å². The number of carbonyl (C=O) groups is 1. The van der Waals surface area contributed by atoms with E-state index in [4.69, 9.17) is 0 Å². The first-order valence-electron chi connectivity index (χ1n) is 11.2. The monoisotopic (exact) mass is 397 g/mol. The number of likely N-dealkylation sites (tertiary alicyclic amines) is 1. The van der Waals surface area contributed by atoms with Crippen LogP contribution in [0.4, 0.5) is 10.5 Å². The second-order valence-corrected chi connectivity index (χ2v) is 10.3. The van der Waals surface area contributed by atoms with Crippen molar-refractivity contribution in [2.24, 2.45) is 17.3 Å². The zero-order chi connectivity index (χ0) is 20.1. The van der Waals surface area contributed by atoms with Gasteiger partial charge >= 0.3 is 6.03 Å². The lowest BCUT2D eigenvalue weighted by Crippen LogP contribution is -2.58. The Labute approximate surface area is 172 Å². The summed E-state index contributed by atoms with van der Waals surface area (Å²) in [5.74, 6) is 1.44. The van der Waals surface area contributed by atoms with Crippen LogP contribution in [0, 0.1) is 27.4 Å². The summed E-state index contributed by atoms with van der Waals surface area (Å²) in [6, 6.07) is 7.43. The molecular formula is C23H31N3O3. The molecule has 1 aliphatic heterocycles. The maximum absolute atomic E-state index is 12.7. The van der Waals surface area contributed by atoms with E-state index in [2.05, 4.69) is 5.32 Å². The predicted octanol–water partition coefficient (Wildman–Crippen LogP) is 4.63. The number of urea groups is 1. The molecule has 0 radical (unpaired) electrons. The van der Waals surface area contributed by atoms with Crippen molar-refractivity contribution in [3.63, 3.8) is 0 Å². The summed E-state index contributed by atoms with van der Waals surface area (Å²) < 4.78 is 0. The van der Waals surface area contributed by atoms with Crippen molar-refractivity contribution in [3.05, 3.63) is 39.9 Å². The molecule has 1 N–H and O–H groups in total. The van der Waals surface area contributed by atoms with E-state index in [0.29, 0.717) is 0 Å². The molecule has 1 heterocycles. The Hall–Kier alpha value is -2.11. The van der Waals surface area contributed by atoms with Crippen LogP contribution < -0.4 is 5.32 Å². The van der Waals surface area contributed by atoms with Gasteiger partial charge in [-0.3, -0.25) is 10.1 Å². The second-order valence-electron chi connectivity index (χ2n) is 10.3. The standard InChI is InChI=1S/C23H31N3O3/c27-21(25-8-2-1-3-9-25)24-16-22-11-17-10-18(12-22)14-23(13-17,15-22)19-4-6-20(7-5-19)26(28)29/h4-7,17-18H,1-3,8-16H2,(H,24,27)/t17-,18+,22?,23?. The highest BCUT2D eigenvalue weighted by molar-refractivity contribution is 5.74. The number of rotatable bonds is 4. The SMILES string of the molecule is O=C(NCC12C[C@H]3C[C@@H](C1)CC(c1ccc([N+](=O)[O-])cc1)(C3)C2)N1CCCCC1. The van der Waals surface area contributed by atoms with E-state index in [1.54, 1.807) is 12.1 Å². The summed E-state index contributed by atoms with van der Waals surface area (Å²) in [6.45, 7) is 2.55. The fourth-order valence-corrected chi connectivity index (χ4v) is 7.41. The van der Waals surface area contributed by atoms with Gasteiger partial charge in [0.25, 0.3) is 5.69 Å². The topological polar surface area (TPSA) is 75.5 Å². The predicted molar refractivity (Wildman–Crippen MR) is 111 cm³/mol. The average Bonchev–Trinajstić information content (AvgIpc) is 2.72. The molecule has 0 aromatic heterocycles. The minimum absolute atomic E-state index is 0.116. The highest BCUT2D eigenvalue weighted by atomic mass is 16.6. The van der Waals surface area contributed by atoms with Gasteiger partial charge < -0.3 is 10.2 Å². The third-order valence-electron chi connectivity index (χ3n) is 8.13. The number of piperidine rings is 1. The van der Waals surface area contributed by atoms with Gasteiger partial charge in [-0.2, -0.15) is 0 Å². The molecule has 156 valence electrons. The van der Waals surface area contributed by atoms with Gasteiger partial charge in [-0.15, -0.1) is 0 Å². The fraction of sp³-hybridized carbons (Fsp3) is 0.696. The second kappa shape index (κ2) is 6.99. The molecule has 6 heteroatoms. The third-order valence-corrected chi connectivity index (χ3v) is 8.13. The van der Waals surface area contributed by atoms with E-state index < -0.39 is 0 Å². The van der Waals surface area contributed by atoms with Crippen LogP contribution in [0.15, 0.2) is 24.3 Å². The number of hydrogen-bond acceptors (Lipinski definition) is 3. The van der Waals surface area contributed by atoms with E-state index in [1.165, 1.54) is 44.1 Å². The van der Waals surface area contributed by atoms with Crippen LogP contribution in [0.3, 0.4) is 0 Å². The molecule has 29 heavy (non-hydrogen) atoms. The van der Waals surface area contributed by atoms with Crippen LogP contribution in [0.2, 0.25) is 0 Å². The van der Waals surface area contributed by atoms with Crippen molar-refractivity contribution in [1.82, 2.24) is 10.2 Å². The Morgan fingerprint density at radius 1 is 1.07 bits per heavy atom. The lowest BCUT2D eigenvalue weighted by Gasteiger charge is -2.62. The Balaban J connectivity index is 1.34. The molecule has 6 rings (SSSR count). The molecule has 4 aliphatic carbocycles. The lowest BCUT2D eigenvalue weighted by atomic mass is 9.43. The molecule has 4 atom stereocenters. The van der Waals surface area contributed by atoms with E-state index in [-0.39, 0.29) is 27.5 Å². The first-order chi connectivity index (χ1) is 14.0. The minimum atomic E-state index is -0.318. The Kier molecular flexibility index (Phi) is 4.56. The number of benzene rings is 1. The van der Waals surface area contributed by atoms with Crippen molar-refractivity contribution in [1.29, 1.82) is 0 Å². The quantitative estimate of drug-likeness (QED) is 0.594. The van der Waals surface area contributed by atoms with Crippen molar-refractivity contribution in [2.75, 3.05) is 19.6 Å². The normalized spacial score (nSPS) is 35.5. The molecule has 4 saturated carbocycles. The molecule has 1 aromatic rings. The van der Waals surface area contributed by atoms with Gasteiger partial charge in [0, 0.05) is 31.8 Å². The molecule has 5 fully saturated rings. The van der Waals surface area contributed by atoms with Gasteiger partial charge in [-0.05, 0) is 86.0 Å². The molecule has 1 saturated heterocycles. The molecule has 6 nitrogen and oxygen atoms in total. The fourth-order valence-electron chi connectivity index (χ4n) is 7.41. The Bertz CT molecular complexity index is 786. The van der Waals surface area contributed by atoms with E-state index in [1.807, 2.05) is 17.0 Å². The first kappa shape index (κ1) is 18.9. The summed E-state index contributed by atoms with van der Waals surface area (Å²) in [7, 11) is 0. The van der Waals surface area contributed by atoms with Crippen molar-refractivity contribution in [3.8, 4) is 0 Å². The Morgan fingerprint density at radius 2 is 1.72 bits per heavy atom. The summed E-state index contributed by atoms with van der Waals surface area (Å²) in [5, 5.41) is 14.4. The number of nitrogens with zero attached hydrogens (tertiary/aromatic N) is 2. The van der Waals surface area contributed by atoms with E-state index in [0.717, 1.165) is 50.7 Å². The molecule has 2 amide bonds. The highest BCUT2D eigenvalue weighted by Gasteiger charge is 2.58. The summed E-state index contributed by atoms with van der Waals surface area (Å²) in [4.78, 5) is 25.4. The van der Waals surface area contributed by atoms with Crippen LogP contribution in [0.1, 0.15) is 63.4 Å². The van der Waals surface area contributed by atoms with E-state index in [9.17, 15) is 14.9 Å². The number of hydrogen-bond donors (Lipinski definition) is 1. The van der Waals surface area contributed by atoms with Gasteiger partial charge in [0.1, 0.15) is 0 Å². The van der Waals surface area contributed by atoms with Gasteiger partial charge in [-0.25, -0.2) is 4.79 Å². The first-order valence-corrected chi connectivity index (χ1v) is 11.2. The number of nitro groups is 1. The third kappa shape index (κ3) is 3.40. The molecule has 5 aliphatic rings. The van der Waals surface area contributed by atoms with Gasteiger partial charge in [0.2, 0.25) is 0 Å². The molecule has 4 bridgehead atoms. The summed E-state index contributed by atoms with van der Waals surface area (Å²) in [5.41, 5.74) is 1.76. The average molecular weight is 398 g/mol. The Morgan fingerprint density at radius 3 is 2.34 bits per heavy atom. The largest absolute Gasteiger partial charge is 0.337 e. The van der Waals surface area contributed by atoms with E-state index >= 15 is 0 Å².